The molecule has 2 N–H and O–H groups in total. The molecule has 2 heterocycles. The van der Waals surface area contributed by atoms with Crippen molar-refractivity contribution in [2.24, 2.45) is 11.1 Å². The van der Waals surface area contributed by atoms with E-state index in [1.165, 1.54) is 41.0 Å². The summed E-state index contributed by atoms with van der Waals surface area (Å²) in [5, 5.41) is 0.0278. The van der Waals surface area contributed by atoms with Crippen LogP contribution in [0.15, 0.2) is 41.2 Å². The fraction of sp³-hybridized carbons (Fsp3) is 0.357. The number of methoxy groups -OCH3 is 1. The molecule has 5 rings (SSSR count). The molecule has 2 aromatic carbocycles. The minimum Gasteiger partial charge on any atom is -0.492 e. The molecule has 0 amide bonds. The predicted octanol–water partition coefficient (Wildman–Crippen LogP) is 4.56. The first-order valence-electron chi connectivity index (χ1n) is 12.0. The number of nitrogens with zero attached hydrogens (tertiary/aromatic N) is 3. The fourth-order valence-electron chi connectivity index (χ4n) is 5.68. The Kier molecular flexibility index (Phi) is 6.27. The first-order chi connectivity index (χ1) is 17.3. The lowest BCUT2D eigenvalue weighted by atomic mass is 9.73. The molecular weight excluding hydrogens is 479 g/mol. The van der Waals surface area contributed by atoms with Gasteiger partial charge in [0.05, 0.1) is 12.8 Å². The van der Waals surface area contributed by atoms with E-state index in [4.69, 9.17) is 27.1 Å². The summed E-state index contributed by atoms with van der Waals surface area (Å²) in [6.45, 7) is 5.08. The Morgan fingerprint density at radius 1 is 1.22 bits per heavy atom. The zero-order valence-electron chi connectivity index (χ0n) is 20.6. The van der Waals surface area contributed by atoms with Gasteiger partial charge in [-0.2, -0.15) is 0 Å². The summed E-state index contributed by atoms with van der Waals surface area (Å²) in [6.07, 6.45) is 2.76. The van der Waals surface area contributed by atoms with Gasteiger partial charge in [0.15, 0.2) is 11.6 Å². The van der Waals surface area contributed by atoms with E-state index in [0.717, 1.165) is 37.9 Å². The third-order valence-corrected chi connectivity index (χ3v) is 7.95. The van der Waals surface area contributed by atoms with Gasteiger partial charge in [-0.15, -0.1) is 5.92 Å². The summed E-state index contributed by atoms with van der Waals surface area (Å²) in [4.78, 5) is 20.0. The van der Waals surface area contributed by atoms with Crippen molar-refractivity contribution < 1.29 is 9.13 Å². The summed E-state index contributed by atoms with van der Waals surface area (Å²) in [5.74, 6) is 6.48. The second kappa shape index (κ2) is 9.27. The molecule has 6 nitrogen and oxygen atoms in total. The van der Waals surface area contributed by atoms with Crippen LogP contribution >= 0.6 is 11.6 Å². The first-order valence-corrected chi connectivity index (χ1v) is 12.3. The van der Waals surface area contributed by atoms with E-state index in [0.29, 0.717) is 17.3 Å². The molecule has 1 spiro atoms. The molecule has 2 aliphatic rings. The minimum atomic E-state index is -0.592. The molecule has 1 aliphatic carbocycles. The molecule has 8 heteroatoms. The van der Waals surface area contributed by atoms with E-state index in [1.807, 2.05) is 6.92 Å². The van der Waals surface area contributed by atoms with E-state index in [-0.39, 0.29) is 27.8 Å². The average Bonchev–Trinajstić information content (AvgIpc) is 3.11. The Morgan fingerprint density at radius 3 is 2.64 bits per heavy atom. The third kappa shape index (κ3) is 3.95. The SMILES string of the molecule is CC#Cc1ccc2c(c1)[C@@H](N)C1(CCN(c3cc(=O)n(-c4ccc(F)c(OC)c4Cl)c(C)n3)CC1)C2. The smallest absolute Gasteiger partial charge is 0.260 e. The first kappa shape index (κ1) is 24.4. The lowest BCUT2D eigenvalue weighted by molar-refractivity contribution is 0.187. The van der Waals surface area contributed by atoms with Crippen LogP contribution in [-0.2, 0) is 6.42 Å². The molecular formula is C28H28ClFN4O2. The van der Waals surface area contributed by atoms with Gasteiger partial charge in [0.25, 0.3) is 5.56 Å². The highest BCUT2D eigenvalue weighted by atomic mass is 35.5. The highest BCUT2D eigenvalue weighted by molar-refractivity contribution is 6.33. The van der Waals surface area contributed by atoms with Gasteiger partial charge >= 0.3 is 0 Å². The fourth-order valence-corrected chi connectivity index (χ4v) is 5.99. The Balaban J connectivity index is 1.38. The van der Waals surface area contributed by atoms with Gasteiger partial charge in [-0.1, -0.05) is 23.6 Å². The highest BCUT2D eigenvalue weighted by Crippen LogP contribution is 2.51. The number of piperidine rings is 1. The van der Waals surface area contributed by atoms with Crippen LogP contribution in [0.25, 0.3) is 5.69 Å². The number of nitrogens with two attached hydrogens (primary N) is 1. The predicted molar refractivity (Wildman–Crippen MR) is 140 cm³/mol. The van der Waals surface area contributed by atoms with Crippen molar-refractivity contribution >= 4 is 17.4 Å². The van der Waals surface area contributed by atoms with Crippen LogP contribution in [0.2, 0.25) is 5.02 Å². The van der Waals surface area contributed by atoms with Crippen LogP contribution in [0.3, 0.4) is 0 Å². The Morgan fingerprint density at radius 2 is 1.97 bits per heavy atom. The van der Waals surface area contributed by atoms with Gasteiger partial charge in [-0.05, 0) is 73.9 Å². The number of anilines is 1. The van der Waals surface area contributed by atoms with Crippen LogP contribution in [-0.4, -0.2) is 29.8 Å². The minimum absolute atomic E-state index is 0.000674. The maximum atomic E-state index is 14.0. The molecule has 0 radical (unpaired) electrons. The van der Waals surface area contributed by atoms with Crippen molar-refractivity contribution in [3.8, 4) is 23.3 Å². The van der Waals surface area contributed by atoms with Gasteiger partial charge in [0.2, 0.25) is 0 Å². The monoisotopic (exact) mass is 506 g/mol. The Hall–Kier alpha value is -3.34. The van der Waals surface area contributed by atoms with Crippen LogP contribution in [0, 0.1) is 30.0 Å². The number of benzene rings is 2. The Labute approximate surface area is 214 Å². The van der Waals surface area contributed by atoms with Gasteiger partial charge in [-0.25, -0.2) is 9.37 Å². The van der Waals surface area contributed by atoms with Crippen molar-refractivity contribution in [2.45, 2.75) is 39.2 Å². The molecule has 36 heavy (non-hydrogen) atoms. The zero-order valence-corrected chi connectivity index (χ0v) is 21.3. The lowest BCUT2D eigenvalue weighted by Crippen LogP contribution is -2.45. The summed E-state index contributed by atoms with van der Waals surface area (Å²) < 4.78 is 20.5. The summed E-state index contributed by atoms with van der Waals surface area (Å²) in [5.41, 5.74) is 10.3. The molecule has 0 saturated carbocycles. The van der Waals surface area contributed by atoms with E-state index in [9.17, 15) is 9.18 Å². The number of hydrogen-bond acceptors (Lipinski definition) is 5. The molecule has 186 valence electrons. The third-order valence-electron chi connectivity index (χ3n) is 7.58. The maximum absolute atomic E-state index is 14.0. The van der Waals surface area contributed by atoms with E-state index < -0.39 is 5.82 Å². The number of aryl methyl sites for hydroxylation is 1. The zero-order chi connectivity index (χ0) is 25.6. The van der Waals surface area contributed by atoms with Crippen molar-refractivity contribution in [3.63, 3.8) is 0 Å². The van der Waals surface area contributed by atoms with E-state index in [1.54, 1.807) is 6.92 Å². The lowest BCUT2D eigenvalue weighted by Gasteiger charge is -2.42. The van der Waals surface area contributed by atoms with Crippen molar-refractivity contribution in [1.29, 1.82) is 0 Å². The summed E-state index contributed by atoms with van der Waals surface area (Å²) >= 11 is 6.35. The Bertz CT molecular complexity index is 1460. The number of rotatable bonds is 3. The van der Waals surface area contributed by atoms with Gasteiger partial charge in [-0.3, -0.25) is 9.36 Å². The van der Waals surface area contributed by atoms with E-state index in [2.05, 4.69) is 34.9 Å². The van der Waals surface area contributed by atoms with Gasteiger partial charge in [0.1, 0.15) is 16.7 Å². The van der Waals surface area contributed by atoms with Crippen LogP contribution in [0.5, 0.6) is 5.75 Å². The van der Waals surface area contributed by atoms with Crippen molar-refractivity contribution in [3.05, 3.63) is 80.1 Å². The van der Waals surface area contributed by atoms with Crippen LogP contribution in [0.1, 0.15) is 48.3 Å². The highest BCUT2D eigenvalue weighted by Gasteiger charge is 2.46. The van der Waals surface area contributed by atoms with Gasteiger partial charge < -0.3 is 15.4 Å². The summed E-state index contributed by atoms with van der Waals surface area (Å²) in [7, 11) is 1.33. The van der Waals surface area contributed by atoms with Crippen molar-refractivity contribution in [1.82, 2.24) is 9.55 Å². The molecule has 0 unspecified atom stereocenters. The molecule has 1 saturated heterocycles. The molecule has 3 aromatic rings. The topological polar surface area (TPSA) is 73.4 Å². The maximum Gasteiger partial charge on any atom is 0.260 e. The number of ether oxygens (including phenoxy) is 1. The molecule has 1 fully saturated rings. The number of fused-ring (bicyclic) bond motifs is 1. The average molecular weight is 507 g/mol. The second-order valence-corrected chi connectivity index (χ2v) is 9.92. The van der Waals surface area contributed by atoms with E-state index >= 15 is 0 Å². The van der Waals surface area contributed by atoms with Gasteiger partial charge in [0, 0.05) is 30.8 Å². The molecule has 1 aromatic heterocycles. The quantitative estimate of drug-likeness (QED) is 0.527. The molecule has 1 aliphatic heterocycles. The molecule has 1 atom stereocenters. The molecule has 0 bridgehead atoms. The van der Waals surface area contributed by atoms with Crippen molar-refractivity contribution in [2.75, 3.05) is 25.1 Å². The number of aromatic nitrogens is 2. The second-order valence-electron chi connectivity index (χ2n) is 9.54. The number of halogens is 2. The largest absolute Gasteiger partial charge is 0.492 e. The normalized spacial score (nSPS) is 18.1. The number of hydrogen-bond donors (Lipinski definition) is 1. The standard InChI is InChI=1S/C28H28ClFN4O2/c1-4-5-18-6-7-19-16-28(27(31)20(19)14-18)10-12-33(13-11-28)23-15-24(35)34(17(2)32-23)22-9-8-21(30)26(36-3)25(22)29/h6-9,14-15,27H,10-13,16,31H2,1-3H3/t27-/m1/s1. The summed E-state index contributed by atoms with van der Waals surface area (Å²) in [6, 6.07) is 10.5. The van der Waals surface area contributed by atoms with Crippen LogP contribution in [0.4, 0.5) is 10.2 Å². The van der Waals surface area contributed by atoms with Crippen LogP contribution < -0.4 is 20.9 Å².